The predicted molar refractivity (Wildman–Crippen MR) is 89.0 cm³/mol. The molecule has 4 heteroatoms. The van der Waals surface area contributed by atoms with Crippen LogP contribution in [0.25, 0.3) is 10.8 Å². The molecule has 4 aliphatic heterocycles. The molecular formula is C18H20N4. The van der Waals surface area contributed by atoms with Crippen molar-refractivity contribution < 1.29 is 0 Å². The number of fused-ring (bicyclic) bond motifs is 1. The first-order valence-electron chi connectivity index (χ1n) is 8.00. The van der Waals surface area contributed by atoms with Crippen molar-refractivity contribution in [2.75, 3.05) is 39.6 Å². The van der Waals surface area contributed by atoms with Gasteiger partial charge in [0.05, 0.1) is 25.5 Å². The second-order valence-electron chi connectivity index (χ2n) is 6.96. The average Bonchev–Trinajstić information content (AvgIpc) is 2.52. The third kappa shape index (κ3) is 1.99. The molecule has 0 spiro atoms. The van der Waals surface area contributed by atoms with Gasteiger partial charge in [0.2, 0.25) is 0 Å². The monoisotopic (exact) mass is 292 g/mol. The average molecular weight is 292 g/mol. The summed E-state index contributed by atoms with van der Waals surface area (Å²) in [6.45, 7) is 6.63. The zero-order valence-electron chi connectivity index (χ0n) is 12.7. The van der Waals surface area contributed by atoms with Gasteiger partial charge in [-0.2, -0.15) is 0 Å². The van der Waals surface area contributed by atoms with Gasteiger partial charge in [0.25, 0.3) is 0 Å². The number of aliphatic imine (C=N–C) groups is 1. The summed E-state index contributed by atoms with van der Waals surface area (Å²) >= 11 is 0. The summed E-state index contributed by atoms with van der Waals surface area (Å²) in [6.07, 6.45) is 2.11. The van der Waals surface area contributed by atoms with Crippen LogP contribution < -0.4 is 0 Å². The van der Waals surface area contributed by atoms with Gasteiger partial charge in [-0.25, -0.2) is 0 Å². The van der Waals surface area contributed by atoms with Gasteiger partial charge in [-0.05, 0) is 10.8 Å². The highest BCUT2D eigenvalue weighted by molar-refractivity contribution is 5.99. The maximum Gasteiger partial charge on any atom is 0.0989 e. The van der Waals surface area contributed by atoms with Crippen LogP contribution in [-0.2, 0) is 0 Å². The second-order valence-corrected chi connectivity index (χ2v) is 6.96. The first-order valence-corrected chi connectivity index (χ1v) is 8.00. The minimum absolute atomic E-state index is 0.0612. The molecule has 0 aromatic heterocycles. The Morgan fingerprint density at radius 1 is 0.818 bits per heavy atom. The van der Waals surface area contributed by atoms with E-state index in [1.165, 1.54) is 16.3 Å². The Kier molecular flexibility index (Phi) is 2.68. The van der Waals surface area contributed by atoms with Crippen molar-refractivity contribution in [2.45, 2.75) is 5.54 Å². The Labute approximate surface area is 130 Å². The van der Waals surface area contributed by atoms with Gasteiger partial charge in [-0.15, -0.1) is 0 Å². The van der Waals surface area contributed by atoms with E-state index < -0.39 is 0 Å². The molecule has 112 valence electrons. The highest BCUT2D eigenvalue weighted by Gasteiger charge is 2.48. The summed E-state index contributed by atoms with van der Waals surface area (Å²) in [5.74, 6) is 0. The summed E-state index contributed by atoms with van der Waals surface area (Å²) in [6, 6.07) is 15.0. The van der Waals surface area contributed by atoms with Crippen molar-refractivity contribution in [3.63, 3.8) is 0 Å². The fourth-order valence-electron chi connectivity index (χ4n) is 4.37. The molecule has 0 atom stereocenters. The maximum atomic E-state index is 5.09. The fourth-order valence-corrected chi connectivity index (χ4v) is 4.37. The topological polar surface area (TPSA) is 22.1 Å². The molecule has 0 unspecified atom stereocenters. The summed E-state index contributed by atoms with van der Waals surface area (Å²) < 4.78 is 0. The van der Waals surface area contributed by atoms with E-state index in [1.807, 2.05) is 0 Å². The molecule has 22 heavy (non-hydrogen) atoms. The Balaban J connectivity index is 1.51. The Hall–Kier alpha value is -1.75. The van der Waals surface area contributed by atoms with Crippen LogP contribution in [0.3, 0.4) is 0 Å². The zero-order chi connectivity index (χ0) is 14.6. The molecule has 0 amide bonds. The van der Waals surface area contributed by atoms with Gasteiger partial charge in [0.1, 0.15) is 0 Å². The third-order valence-corrected chi connectivity index (χ3v) is 5.05. The lowest BCUT2D eigenvalue weighted by molar-refractivity contribution is -0.139. The summed E-state index contributed by atoms with van der Waals surface area (Å²) in [7, 11) is 0. The molecule has 0 saturated carbocycles. The minimum atomic E-state index is 0.0612. The van der Waals surface area contributed by atoms with Crippen molar-refractivity contribution in [3.8, 4) is 0 Å². The van der Waals surface area contributed by atoms with E-state index in [-0.39, 0.29) is 5.54 Å². The van der Waals surface area contributed by atoms with E-state index in [0.717, 1.165) is 39.6 Å². The lowest BCUT2D eigenvalue weighted by Crippen LogP contribution is -2.75. The van der Waals surface area contributed by atoms with Crippen LogP contribution in [0.1, 0.15) is 5.56 Å². The Bertz CT molecular complexity index is 711. The summed E-state index contributed by atoms with van der Waals surface area (Å²) in [4.78, 5) is 12.6. The van der Waals surface area contributed by atoms with Gasteiger partial charge < -0.3 is 0 Å². The van der Waals surface area contributed by atoms with Crippen LogP contribution in [-0.4, -0.2) is 66.1 Å². The predicted octanol–water partition coefficient (Wildman–Crippen LogP) is 1.82. The molecule has 4 saturated heterocycles. The minimum Gasteiger partial charge on any atom is -0.282 e. The lowest BCUT2D eigenvalue weighted by Gasteiger charge is -2.59. The molecule has 4 fully saturated rings. The molecule has 2 aromatic carbocycles. The number of nitrogens with zero attached hydrogens (tertiary/aromatic N) is 4. The zero-order valence-corrected chi connectivity index (χ0v) is 12.7. The Morgan fingerprint density at radius 2 is 1.45 bits per heavy atom. The molecule has 6 rings (SSSR count). The summed E-state index contributed by atoms with van der Waals surface area (Å²) in [5.41, 5.74) is 1.29. The Morgan fingerprint density at radius 3 is 2.18 bits per heavy atom. The van der Waals surface area contributed by atoms with Crippen LogP contribution in [0.15, 0.2) is 47.5 Å². The van der Waals surface area contributed by atoms with Gasteiger partial charge in [-0.3, -0.25) is 19.7 Å². The lowest BCUT2D eigenvalue weighted by atomic mass is 9.91. The molecule has 0 radical (unpaired) electrons. The normalized spacial score (nSPS) is 36.5. The first kappa shape index (κ1) is 12.8. The van der Waals surface area contributed by atoms with Crippen molar-refractivity contribution in [3.05, 3.63) is 48.0 Å². The molecule has 0 aliphatic carbocycles. The van der Waals surface area contributed by atoms with Crippen molar-refractivity contribution in [1.82, 2.24) is 14.7 Å². The SMILES string of the molecule is C(=NC12CN3CN(CN(C3)C1)C2)c1cccc2ccccc12. The van der Waals surface area contributed by atoms with Crippen molar-refractivity contribution in [1.29, 1.82) is 0 Å². The quantitative estimate of drug-likeness (QED) is 0.788. The number of hydrogen-bond donors (Lipinski definition) is 0. The van der Waals surface area contributed by atoms with E-state index in [1.54, 1.807) is 0 Å². The van der Waals surface area contributed by atoms with Crippen LogP contribution in [0, 0.1) is 0 Å². The van der Waals surface area contributed by atoms with Crippen LogP contribution >= 0.6 is 0 Å². The fraction of sp³-hybridized carbons (Fsp3) is 0.389. The summed E-state index contributed by atoms with van der Waals surface area (Å²) in [5, 5.41) is 2.58. The van der Waals surface area contributed by atoms with E-state index in [4.69, 9.17) is 4.99 Å². The van der Waals surface area contributed by atoms with E-state index >= 15 is 0 Å². The largest absolute Gasteiger partial charge is 0.282 e. The molecule has 0 N–H and O–H groups in total. The highest BCUT2D eigenvalue weighted by Crippen LogP contribution is 2.31. The van der Waals surface area contributed by atoms with Crippen molar-refractivity contribution in [2.24, 2.45) is 4.99 Å². The standard InChI is InChI=1S/C18H20N4/c1-2-7-17-15(4-1)5-3-6-16(17)8-19-18-9-20-12-21(10-18)14-22(11-18)13-20/h1-8H,9-14H2. The van der Waals surface area contributed by atoms with Gasteiger partial charge in [0, 0.05) is 31.4 Å². The maximum absolute atomic E-state index is 5.09. The van der Waals surface area contributed by atoms with Gasteiger partial charge in [0.15, 0.2) is 0 Å². The molecule has 4 bridgehead atoms. The molecule has 4 aliphatic rings. The number of hydrogen-bond acceptors (Lipinski definition) is 4. The number of benzene rings is 2. The van der Waals surface area contributed by atoms with Gasteiger partial charge >= 0.3 is 0 Å². The first-order chi connectivity index (χ1) is 10.8. The van der Waals surface area contributed by atoms with Crippen molar-refractivity contribution >= 4 is 17.0 Å². The smallest absolute Gasteiger partial charge is 0.0989 e. The van der Waals surface area contributed by atoms with E-state index in [2.05, 4.69) is 63.4 Å². The molecule has 4 nitrogen and oxygen atoms in total. The van der Waals surface area contributed by atoms with Crippen LogP contribution in [0.5, 0.6) is 0 Å². The van der Waals surface area contributed by atoms with Crippen LogP contribution in [0.2, 0.25) is 0 Å². The third-order valence-electron chi connectivity index (χ3n) is 5.05. The highest BCUT2D eigenvalue weighted by atomic mass is 15.6. The number of rotatable bonds is 2. The molecular weight excluding hydrogens is 272 g/mol. The van der Waals surface area contributed by atoms with E-state index in [0.29, 0.717) is 0 Å². The molecule has 4 heterocycles. The van der Waals surface area contributed by atoms with Crippen LogP contribution in [0.4, 0.5) is 0 Å². The van der Waals surface area contributed by atoms with Gasteiger partial charge in [-0.1, -0.05) is 42.5 Å². The second kappa shape index (κ2) is 4.62. The van der Waals surface area contributed by atoms with E-state index in [9.17, 15) is 0 Å². The molecule has 2 aromatic rings.